The Hall–Kier alpha value is -2.16. The van der Waals surface area contributed by atoms with E-state index in [1.165, 1.54) is 6.92 Å². The fraction of sp³-hybridized carbons (Fsp3) is 0.143. The molecule has 1 N–H and O–H groups in total. The molecule has 1 aromatic carbocycles. The molecule has 0 bridgehead atoms. The van der Waals surface area contributed by atoms with Gasteiger partial charge in [-0.15, -0.1) is 0 Å². The van der Waals surface area contributed by atoms with Gasteiger partial charge in [0.05, 0.1) is 5.69 Å². The molecule has 0 aliphatic heterocycles. The van der Waals surface area contributed by atoms with Crippen molar-refractivity contribution in [1.82, 2.24) is 4.98 Å². The second kappa shape index (κ2) is 4.37. The zero-order valence-electron chi connectivity index (χ0n) is 9.78. The molecule has 2 aromatic rings. The number of benzene rings is 1. The summed E-state index contributed by atoms with van der Waals surface area (Å²) in [6.45, 7) is 3.19. The largest absolute Gasteiger partial charge is 0.321 e. The second-order valence-electron chi connectivity index (χ2n) is 3.99. The SMILES string of the molecule is CC(=O)c1cc(C)c(=O)[nH]c1-c1ccccc1. The third kappa shape index (κ3) is 2.18. The topological polar surface area (TPSA) is 49.9 Å². The lowest BCUT2D eigenvalue weighted by molar-refractivity contribution is 0.101. The number of nitrogens with one attached hydrogen (secondary N) is 1. The Labute approximate surface area is 99.1 Å². The molecule has 0 aliphatic rings. The molecule has 0 amide bonds. The Balaban J connectivity index is 2.73. The molecule has 0 spiro atoms. The van der Waals surface area contributed by atoms with Crippen LogP contribution in [0.2, 0.25) is 0 Å². The van der Waals surface area contributed by atoms with E-state index >= 15 is 0 Å². The van der Waals surface area contributed by atoms with Gasteiger partial charge in [-0.2, -0.15) is 0 Å². The minimum atomic E-state index is -0.158. The highest BCUT2D eigenvalue weighted by Gasteiger charge is 2.11. The van der Waals surface area contributed by atoms with Gasteiger partial charge in [0.15, 0.2) is 5.78 Å². The molecule has 0 saturated heterocycles. The lowest BCUT2D eigenvalue weighted by Gasteiger charge is -2.07. The number of rotatable bonds is 2. The monoisotopic (exact) mass is 227 g/mol. The first-order chi connectivity index (χ1) is 8.09. The summed E-state index contributed by atoms with van der Waals surface area (Å²) < 4.78 is 0. The Morgan fingerprint density at radius 3 is 2.41 bits per heavy atom. The molecule has 0 aliphatic carbocycles. The van der Waals surface area contributed by atoms with Gasteiger partial charge >= 0.3 is 0 Å². The predicted molar refractivity (Wildman–Crippen MR) is 67.2 cm³/mol. The highest BCUT2D eigenvalue weighted by molar-refractivity contribution is 5.99. The Morgan fingerprint density at radius 2 is 1.82 bits per heavy atom. The molecule has 0 atom stereocenters. The van der Waals surface area contributed by atoms with Crippen molar-refractivity contribution in [3.05, 3.63) is 57.9 Å². The summed E-state index contributed by atoms with van der Waals surface area (Å²) in [5.41, 5.74) is 2.38. The molecule has 0 unspecified atom stereocenters. The Kier molecular flexibility index (Phi) is 2.91. The summed E-state index contributed by atoms with van der Waals surface area (Å²) in [6.07, 6.45) is 0. The average Bonchev–Trinajstić information content (AvgIpc) is 2.33. The zero-order chi connectivity index (χ0) is 12.4. The maximum Gasteiger partial charge on any atom is 0.251 e. The molecule has 2 rings (SSSR count). The van der Waals surface area contributed by atoms with E-state index in [9.17, 15) is 9.59 Å². The summed E-state index contributed by atoms with van der Waals surface area (Å²) in [5.74, 6) is -0.0526. The number of pyridine rings is 1. The van der Waals surface area contributed by atoms with E-state index in [2.05, 4.69) is 4.98 Å². The first kappa shape index (κ1) is 11.3. The second-order valence-corrected chi connectivity index (χ2v) is 3.99. The molecule has 86 valence electrons. The van der Waals surface area contributed by atoms with E-state index in [1.54, 1.807) is 13.0 Å². The molecule has 1 aromatic heterocycles. The van der Waals surface area contributed by atoms with Gasteiger partial charge in [0.25, 0.3) is 5.56 Å². The summed E-state index contributed by atoms with van der Waals surface area (Å²) >= 11 is 0. The van der Waals surface area contributed by atoms with Crippen LogP contribution in [0.25, 0.3) is 11.3 Å². The lowest BCUT2D eigenvalue weighted by atomic mass is 10.0. The number of aromatic nitrogens is 1. The third-order valence-corrected chi connectivity index (χ3v) is 2.67. The van der Waals surface area contributed by atoms with Crippen LogP contribution in [0.3, 0.4) is 0 Å². The zero-order valence-corrected chi connectivity index (χ0v) is 9.78. The van der Waals surface area contributed by atoms with Gasteiger partial charge in [0.1, 0.15) is 0 Å². The van der Waals surface area contributed by atoms with Crippen molar-refractivity contribution >= 4 is 5.78 Å². The van der Waals surface area contributed by atoms with Crippen LogP contribution in [0, 0.1) is 6.92 Å². The summed E-state index contributed by atoms with van der Waals surface area (Å²) in [5, 5.41) is 0. The van der Waals surface area contributed by atoms with Crippen LogP contribution in [-0.2, 0) is 0 Å². The normalized spacial score (nSPS) is 10.2. The Morgan fingerprint density at radius 1 is 1.18 bits per heavy atom. The van der Waals surface area contributed by atoms with E-state index in [0.29, 0.717) is 16.8 Å². The molecule has 0 radical (unpaired) electrons. The number of Topliss-reactive ketones (excluding diaryl/α,β-unsaturated/α-hetero) is 1. The molecule has 17 heavy (non-hydrogen) atoms. The molecule has 0 saturated carbocycles. The summed E-state index contributed by atoms with van der Waals surface area (Å²) in [6, 6.07) is 11.0. The molecule has 1 heterocycles. The smallest absolute Gasteiger partial charge is 0.251 e. The van der Waals surface area contributed by atoms with E-state index in [4.69, 9.17) is 0 Å². The molecule has 0 fully saturated rings. The van der Waals surface area contributed by atoms with Gasteiger partial charge in [0, 0.05) is 11.1 Å². The van der Waals surface area contributed by atoms with Gasteiger partial charge in [0.2, 0.25) is 0 Å². The number of ketones is 1. The van der Waals surface area contributed by atoms with Crippen LogP contribution in [0.4, 0.5) is 0 Å². The number of aryl methyl sites for hydroxylation is 1. The number of aromatic amines is 1. The fourth-order valence-electron chi connectivity index (χ4n) is 1.74. The number of carbonyl (C=O) groups is 1. The van der Waals surface area contributed by atoms with Crippen molar-refractivity contribution in [2.75, 3.05) is 0 Å². The maximum absolute atomic E-state index is 11.6. The number of H-pyrrole nitrogens is 1. The van der Waals surface area contributed by atoms with Crippen molar-refractivity contribution in [3.8, 4) is 11.3 Å². The minimum absolute atomic E-state index is 0.0526. The summed E-state index contributed by atoms with van der Waals surface area (Å²) in [7, 11) is 0. The van der Waals surface area contributed by atoms with Crippen molar-refractivity contribution in [3.63, 3.8) is 0 Å². The average molecular weight is 227 g/mol. The standard InChI is InChI=1S/C14H13NO2/c1-9-8-12(10(2)16)13(15-14(9)17)11-6-4-3-5-7-11/h3-8H,1-2H3,(H,15,17). The van der Waals surface area contributed by atoms with Crippen LogP contribution in [0.15, 0.2) is 41.2 Å². The first-order valence-electron chi connectivity index (χ1n) is 5.40. The van der Waals surface area contributed by atoms with Gasteiger partial charge in [-0.3, -0.25) is 9.59 Å². The summed E-state index contributed by atoms with van der Waals surface area (Å²) in [4.78, 5) is 26.0. The van der Waals surface area contributed by atoms with Crippen LogP contribution in [0.5, 0.6) is 0 Å². The van der Waals surface area contributed by atoms with Crippen molar-refractivity contribution < 1.29 is 4.79 Å². The quantitative estimate of drug-likeness (QED) is 0.801. The van der Waals surface area contributed by atoms with Gasteiger partial charge in [-0.1, -0.05) is 30.3 Å². The Bertz CT molecular complexity index is 612. The van der Waals surface area contributed by atoms with Gasteiger partial charge < -0.3 is 4.98 Å². The minimum Gasteiger partial charge on any atom is -0.321 e. The van der Waals surface area contributed by atoms with Crippen LogP contribution >= 0.6 is 0 Å². The van der Waals surface area contributed by atoms with E-state index in [1.807, 2.05) is 30.3 Å². The van der Waals surface area contributed by atoms with Crippen molar-refractivity contribution in [2.45, 2.75) is 13.8 Å². The van der Waals surface area contributed by atoms with Crippen LogP contribution < -0.4 is 5.56 Å². The number of hydrogen-bond donors (Lipinski definition) is 1. The number of carbonyl (C=O) groups excluding carboxylic acids is 1. The maximum atomic E-state index is 11.6. The molecule has 3 nitrogen and oxygen atoms in total. The van der Waals surface area contributed by atoms with E-state index < -0.39 is 0 Å². The first-order valence-corrected chi connectivity index (χ1v) is 5.40. The van der Waals surface area contributed by atoms with Crippen LogP contribution in [-0.4, -0.2) is 10.8 Å². The fourth-order valence-corrected chi connectivity index (χ4v) is 1.74. The lowest BCUT2D eigenvalue weighted by Crippen LogP contribution is -2.14. The molecular formula is C14H13NO2. The highest BCUT2D eigenvalue weighted by Crippen LogP contribution is 2.20. The highest BCUT2D eigenvalue weighted by atomic mass is 16.1. The third-order valence-electron chi connectivity index (χ3n) is 2.67. The number of hydrogen-bond acceptors (Lipinski definition) is 2. The van der Waals surface area contributed by atoms with Crippen molar-refractivity contribution in [1.29, 1.82) is 0 Å². The molecule has 3 heteroatoms. The predicted octanol–water partition coefficient (Wildman–Crippen LogP) is 2.55. The van der Waals surface area contributed by atoms with E-state index in [0.717, 1.165) is 5.56 Å². The van der Waals surface area contributed by atoms with Gasteiger partial charge in [-0.05, 0) is 25.5 Å². The molecular weight excluding hydrogens is 214 g/mol. The van der Waals surface area contributed by atoms with E-state index in [-0.39, 0.29) is 11.3 Å². The van der Waals surface area contributed by atoms with Crippen molar-refractivity contribution in [2.24, 2.45) is 0 Å². The van der Waals surface area contributed by atoms with Crippen LogP contribution in [0.1, 0.15) is 22.8 Å². The van der Waals surface area contributed by atoms with Gasteiger partial charge in [-0.25, -0.2) is 0 Å².